The fourth-order valence-corrected chi connectivity index (χ4v) is 4.21. The molecule has 0 saturated carbocycles. The van der Waals surface area contributed by atoms with Gasteiger partial charge in [-0.1, -0.05) is 36.7 Å². The van der Waals surface area contributed by atoms with Gasteiger partial charge in [0.15, 0.2) is 0 Å². The number of fused-ring (bicyclic) bond motifs is 1. The molecule has 1 aromatic heterocycles. The van der Waals surface area contributed by atoms with Crippen LogP contribution in [0.25, 0.3) is 10.9 Å². The Morgan fingerprint density at radius 2 is 2.00 bits per heavy atom. The van der Waals surface area contributed by atoms with E-state index in [2.05, 4.69) is 15.9 Å². The Labute approximate surface area is 175 Å². The van der Waals surface area contributed by atoms with Crippen molar-refractivity contribution in [3.8, 4) is 6.07 Å². The Hall–Kier alpha value is -2.82. The molecule has 2 aromatic carbocycles. The fourth-order valence-electron chi connectivity index (χ4n) is 3.51. The van der Waals surface area contributed by atoms with Crippen LogP contribution in [0.5, 0.6) is 0 Å². The molecule has 1 heterocycles. The highest BCUT2D eigenvalue weighted by atomic mass is 35.5. The van der Waals surface area contributed by atoms with E-state index in [1.165, 1.54) is 0 Å². The molecule has 1 atom stereocenters. The molecular formula is C21H21ClN4O2S. The standard InChI is InChI=1S/C21H21ClN4O2S/c1-4-21(12-15(2)13-23,16-8-10-17(22)11-9-16)26-20-7-5-6-19(18(20)14-24-26)25-29(3,27)28/h5-12,14,25H,4H2,1-3H3. The number of nitrogens with zero attached hydrogens (tertiary/aromatic N) is 3. The largest absolute Gasteiger partial charge is 0.283 e. The number of nitrogens with one attached hydrogen (secondary N) is 1. The summed E-state index contributed by atoms with van der Waals surface area (Å²) in [4.78, 5) is 0. The van der Waals surface area contributed by atoms with E-state index in [1.807, 2.05) is 35.9 Å². The molecule has 0 fully saturated rings. The third-order valence-corrected chi connectivity index (χ3v) is 5.64. The lowest BCUT2D eigenvalue weighted by molar-refractivity contribution is 0.401. The van der Waals surface area contributed by atoms with Gasteiger partial charge in [0.25, 0.3) is 0 Å². The predicted molar refractivity (Wildman–Crippen MR) is 116 cm³/mol. The summed E-state index contributed by atoms with van der Waals surface area (Å²) in [5.74, 6) is 0. The number of halogens is 1. The molecule has 0 spiro atoms. The summed E-state index contributed by atoms with van der Waals surface area (Å²) in [7, 11) is -3.44. The molecule has 8 heteroatoms. The first-order valence-electron chi connectivity index (χ1n) is 9.01. The molecule has 1 unspecified atom stereocenters. The first-order chi connectivity index (χ1) is 13.7. The van der Waals surface area contributed by atoms with Crippen molar-refractivity contribution in [2.75, 3.05) is 11.0 Å². The molecule has 0 aliphatic rings. The van der Waals surface area contributed by atoms with Crippen molar-refractivity contribution in [1.82, 2.24) is 9.78 Å². The zero-order chi connectivity index (χ0) is 21.2. The second-order valence-corrected chi connectivity index (χ2v) is 9.08. The van der Waals surface area contributed by atoms with Crippen LogP contribution in [0, 0.1) is 11.3 Å². The lowest BCUT2D eigenvalue weighted by Crippen LogP contribution is -2.33. The number of allylic oxidation sites excluding steroid dienone is 2. The van der Waals surface area contributed by atoms with Gasteiger partial charge >= 0.3 is 0 Å². The van der Waals surface area contributed by atoms with Gasteiger partial charge in [-0.25, -0.2) is 8.42 Å². The normalized spacial score (nSPS) is 14.4. The Kier molecular flexibility index (Phi) is 5.69. The van der Waals surface area contributed by atoms with Crippen molar-refractivity contribution in [1.29, 1.82) is 5.26 Å². The van der Waals surface area contributed by atoms with Crippen molar-refractivity contribution in [3.63, 3.8) is 0 Å². The maximum Gasteiger partial charge on any atom is 0.229 e. The second-order valence-electron chi connectivity index (χ2n) is 6.89. The molecule has 0 saturated heterocycles. The van der Waals surface area contributed by atoms with Crippen molar-refractivity contribution in [2.45, 2.75) is 25.8 Å². The van der Waals surface area contributed by atoms with E-state index in [0.29, 0.717) is 28.1 Å². The lowest BCUT2D eigenvalue weighted by atomic mass is 9.85. The quantitative estimate of drug-likeness (QED) is 0.577. The summed E-state index contributed by atoms with van der Waals surface area (Å²) in [6.45, 7) is 3.77. The van der Waals surface area contributed by atoms with Crippen LogP contribution in [0.15, 0.2) is 60.3 Å². The van der Waals surface area contributed by atoms with Crippen LogP contribution in [0.1, 0.15) is 25.8 Å². The van der Waals surface area contributed by atoms with Crippen LogP contribution in [0.4, 0.5) is 5.69 Å². The van der Waals surface area contributed by atoms with Gasteiger partial charge in [0.05, 0.1) is 29.7 Å². The van der Waals surface area contributed by atoms with Gasteiger partial charge in [0.2, 0.25) is 10.0 Å². The molecule has 6 nitrogen and oxygen atoms in total. The average molecular weight is 429 g/mol. The van der Waals surface area contributed by atoms with Crippen molar-refractivity contribution in [3.05, 3.63) is 70.9 Å². The number of nitriles is 1. The van der Waals surface area contributed by atoms with Crippen LogP contribution in [-0.2, 0) is 15.6 Å². The van der Waals surface area contributed by atoms with Crippen molar-refractivity contribution in [2.24, 2.45) is 0 Å². The molecule has 3 aromatic rings. The number of sulfonamides is 1. The molecule has 0 aliphatic carbocycles. The maximum absolute atomic E-state index is 11.7. The van der Waals surface area contributed by atoms with E-state index < -0.39 is 15.6 Å². The average Bonchev–Trinajstić information content (AvgIpc) is 3.11. The van der Waals surface area contributed by atoms with Crippen LogP contribution < -0.4 is 4.72 Å². The van der Waals surface area contributed by atoms with E-state index in [0.717, 1.165) is 17.3 Å². The van der Waals surface area contributed by atoms with Crippen molar-refractivity contribution < 1.29 is 8.42 Å². The summed E-state index contributed by atoms with van der Waals surface area (Å²) in [5.41, 5.74) is 1.94. The second kappa shape index (κ2) is 7.90. The molecule has 3 rings (SSSR count). The number of hydrogen-bond donors (Lipinski definition) is 1. The summed E-state index contributed by atoms with van der Waals surface area (Å²) < 4.78 is 27.9. The van der Waals surface area contributed by atoms with Gasteiger partial charge in [-0.05, 0) is 49.2 Å². The van der Waals surface area contributed by atoms with Crippen molar-refractivity contribution >= 4 is 38.2 Å². The zero-order valence-electron chi connectivity index (χ0n) is 16.3. The summed E-state index contributed by atoms with van der Waals surface area (Å²) >= 11 is 6.08. The predicted octanol–water partition coefficient (Wildman–Crippen LogP) is 4.68. The van der Waals surface area contributed by atoms with E-state index in [-0.39, 0.29) is 0 Å². The van der Waals surface area contributed by atoms with Gasteiger partial charge < -0.3 is 0 Å². The van der Waals surface area contributed by atoms with Crippen LogP contribution in [0.3, 0.4) is 0 Å². The molecule has 0 radical (unpaired) electrons. The Bertz CT molecular complexity index is 1220. The fraction of sp³-hybridized carbons (Fsp3) is 0.238. The van der Waals surface area contributed by atoms with E-state index in [4.69, 9.17) is 11.6 Å². The highest BCUT2D eigenvalue weighted by Crippen LogP contribution is 2.37. The number of hydrogen-bond acceptors (Lipinski definition) is 4. The number of anilines is 1. The number of rotatable bonds is 6. The van der Waals surface area contributed by atoms with Crippen LogP contribution in [-0.4, -0.2) is 24.5 Å². The molecule has 0 aliphatic heterocycles. The topological polar surface area (TPSA) is 87.8 Å². The maximum atomic E-state index is 11.7. The summed E-state index contributed by atoms with van der Waals surface area (Å²) in [5, 5.41) is 15.3. The SMILES string of the molecule is CCC(C=C(C)C#N)(c1ccc(Cl)cc1)n1ncc2c(NS(C)(=O)=O)cccc21. The molecule has 150 valence electrons. The summed E-state index contributed by atoms with van der Waals surface area (Å²) in [6, 6.07) is 15.0. The van der Waals surface area contributed by atoms with Gasteiger partial charge in [-0.3, -0.25) is 9.40 Å². The van der Waals surface area contributed by atoms with Gasteiger partial charge in [-0.2, -0.15) is 10.4 Å². The number of benzene rings is 2. The van der Waals surface area contributed by atoms with E-state index >= 15 is 0 Å². The molecular weight excluding hydrogens is 408 g/mol. The van der Waals surface area contributed by atoms with Gasteiger partial charge in [-0.15, -0.1) is 0 Å². The third kappa shape index (κ3) is 4.14. The van der Waals surface area contributed by atoms with E-state index in [1.54, 1.807) is 37.4 Å². The third-order valence-electron chi connectivity index (χ3n) is 4.80. The summed E-state index contributed by atoms with van der Waals surface area (Å²) in [6.07, 6.45) is 5.26. The molecule has 0 amide bonds. The number of aromatic nitrogens is 2. The first-order valence-corrected chi connectivity index (χ1v) is 11.3. The smallest absolute Gasteiger partial charge is 0.229 e. The Morgan fingerprint density at radius 1 is 1.31 bits per heavy atom. The lowest BCUT2D eigenvalue weighted by Gasteiger charge is -2.32. The minimum atomic E-state index is -3.44. The Balaban J connectivity index is 2.32. The first kappa shape index (κ1) is 20.9. The monoisotopic (exact) mass is 428 g/mol. The minimum absolute atomic E-state index is 0.457. The van der Waals surface area contributed by atoms with Gasteiger partial charge in [0, 0.05) is 16.0 Å². The highest BCUT2D eigenvalue weighted by Gasteiger charge is 2.33. The minimum Gasteiger partial charge on any atom is -0.283 e. The van der Waals surface area contributed by atoms with Crippen LogP contribution in [0.2, 0.25) is 5.02 Å². The Morgan fingerprint density at radius 3 is 2.59 bits per heavy atom. The van der Waals surface area contributed by atoms with Crippen LogP contribution >= 0.6 is 11.6 Å². The van der Waals surface area contributed by atoms with E-state index in [9.17, 15) is 13.7 Å². The molecule has 1 N–H and O–H groups in total. The molecule has 0 bridgehead atoms. The highest BCUT2D eigenvalue weighted by molar-refractivity contribution is 7.92. The molecule has 29 heavy (non-hydrogen) atoms. The van der Waals surface area contributed by atoms with Gasteiger partial charge in [0.1, 0.15) is 5.54 Å². The zero-order valence-corrected chi connectivity index (χ0v) is 17.9.